The lowest BCUT2D eigenvalue weighted by molar-refractivity contribution is -0.0527. The maximum atomic E-state index is 11.6. The van der Waals surface area contributed by atoms with Crippen molar-refractivity contribution in [3.8, 4) is 45.6 Å². The summed E-state index contributed by atoms with van der Waals surface area (Å²) in [6.45, 7) is 4.15. The van der Waals surface area contributed by atoms with Crippen molar-refractivity contribution in [3.05, 3.63) is 46.5 Å². The van der Waals surface area contributed by atoms with Gasteiger partial charge in [-0.3, -0.25) is 0 Å². The molecule has 0 amide bonds. The Bertz CT molecular complexity index is 1690. The number of aliphatic hydroxyl groups excluding tert-OH is 1. The number of fused-ring (bicyclic) bond motifs is 4. The molecule has 9 heteroatoms. The molecular weight excluding hydrogens is 528 g/mol. The fourth-order valence-electron chi connectivity index (χ4n) is 6.29. The van der Waals surface area contributed by atoms with Crippen LogP contribution in [-0.4, -0.2) is 56.0 Å². The monoisotopic (exact) mass is 562 g/mol. The van der Waals surface area contributed by atoms with Crippen LogP contribution in [0, 0.1) is 0 Å². The fourth-order valence-corrected chi connectivity index (χ4v) is 6.29. The van der Waals surface area contributed by atoms with E-state index in [0.717, 1.165) is 5.56 Å². The Kier molecular flexibility index (Phi) is 6.76. The summed E-state index contributed by atoms with van der Waals surface area (Å²) in [5.41, 5.74) is 3.89. The third kappa shape index (κ3) is 4.02. The van der Waals surface area contributed by atoms with Crippen molar-refractivity contribution in [2.75, 3.05) is 28.4 Å². The highest BCUT2D eigenvalue weighted by molar-refractivity contribution is 6.15. The van der Waals surface area contributed by atoms with E-state index < -0.39 is 12.2 Å². The molecule has 2 heterocycles. The smallest absolute Gasteiger partial charge is 0.134 e. The van der Waals surface area contributed by atoms with Gasteiger partial charge in [-0.15, -0.1) is 0 Å². The normalized spacial score (nSPS) is 20.0. The van der Waals surface area contributed by atoms with Crippen molar-refractivity contribution < 1.29 is 43.7 Å². The molecule has 6 rings (SSSR count). The molecule has 4 aromatic rings. The Labute approximate surface area is 237 Å². The summed E-state index contributed by atoms with van der Waals surface area (Å²) in [6, 6.07) is 7.28. The van der Waals surface area contributed by atoms with Crippen LogP contribution in [0.2, 0.25) is 0 Å². The summed E-state index contributed by atoms with van der Waals surface area (Å²) in [4.78, 5) is 0. The molecule has 2 aliphatic rings. The molecule has 216 valence electrons. The molecule has 0 radical (unpaired) electrons. The second-order valence-electron chi connectivity index (χ2n) is 10.6. The molecule has 0 spiro atoms. The first-order valence-electron chi connectivity index (χ1n) is 13.5. The number of hydrogen-bond donors (Lipinski definition) is 3. The quantitative estimate of drug-likeness (QED) is 0.289. The zero-order valence-corrected chi connectivity index (χ0v) is 24.0. The van der Waals surface area contributed by atoms with Gasteiger partial charge in [0.25, 0.3) is 0 Å². The van der Waals surface area contributed by atoms with Crippen LogP contribution >= 0.6 is 0 Å². The fraction of sp³-hybridized carbons (Fsp3) is 0.375. The maximum absolute atomic E-state index is 11.6. The summed E-state index contributed by atoms with van der Waals surface area (Å²) in [5.74, 6) is 1.85. The highest BCUT2D eigenvalue weighted by atomic mass is 16.5. The standard InChI is InChI=1S/C32H34O9/c1-14-7-16-8-18-25(23(38-5)11-24(39-6)26(18)31(34)20(16)12-40-14)28-19-9-17(36-3)10-22(37-4)27(19)32(35)21-13-41-15(2)30(33)29(21)28/h8-11,14-15,30,33-35H,7,12-13H2,1-6H3. The van der Waals surface area contributed by atoms with Crippen LogP contribution in [0.4, 0.5) is 0 Å². The minimum atomic E-state index is -1.07. The minimum Gasteiger partial charge on any atom is -0.507 e. The van der Waals surface area contributed by atoms with E-state index in [1.54, 1.807) is 40.4 Å². The molecular formula is C32H34O9. The molecule has 0 fully saturated rings. The van der Waals surface area contributed by atoms with Gasteiger partial charge in [-0.1, -0.05) is 0 Å². The zero-order chi connectivity index (χ0) is 29.2. The summed E-state index contributed by atoms with van der Waals surface area (Å²) in [7, 11) is 6.19. The van der Waals surface area contributed by atoms with Crippen LogP contribution in [0.25, 0.3) is 32.7 Å². The molecule has 4 aromatic carbocycles. The number of phenolic OH excluding ortho intramolecular Hbond substituents is 2. The van der Waals surface area contributed by atoms with Crippen molar-refractivity contribution in [3.63, 3.8) is 0 Å². The summed E-state index contributed by atoms with van der Waals surface area (Å²) in [6.07, 6.45) is -1.02. The van der Waals surface area contributed by atoms with Gasteiger partial charge in [0.05, 0.1) is 64.6 Å². The lowest BCUT2D eigenvalue weighted by atomic mass is 9.81. The maximum Gasteiger partial charge on any atom is 0.134 e. The molecule has 0 saturated carbocycles. The van der Waals surface area contributed by atoms with E-state index in [4.69, 9.17) is 28.4 Å². The number of benzene rings is 4. The molecule has 3 atom stereocenters. The Hall–Kier alpha value is -3.92. The number of phenols is 2. The van der Waals surface area contributed by atoms with E-state index >= 15 is 0 Å². The van der Waals surface area contributed by atoms with Gasteiger partial charge in [0.15, 0.2) is 0 Å². The zero-order valence-electron chi connectivity index (χ0n) is 24.0. The molecule has 41 heavy (non-hydrogen) atoms. The van der Waals surface area contributed by atoms with Crippen LogP contribution in [0.1, 0.15) is 42.2 Å². The Balaban J connectivity index is 1.87. The summed E-state index contributed by atoms with van der Waals surface area (Å²) >= 11 is 0. The van der Waals surface area contributed by atoms with Crippen LogP contribution < -0.4 is 18.9 Å². The molecule has 0 bridgehead atoms. The van der Waals surface area contributed by atoms with Gasteiger partial charge in [-0.25, -0.2) is 0 Å². The van der Waals surface area contributed by atoms with Gasteiger partial charge in [0, 0.05) is 50.7 Å². The molecule has 0 aliphatic carbocycles. The summed E-state index contributed by atoms with van der Waals surface area (Å²) < 4.78 is 34.8. The average Bonchev–Trinajstić information content (AvgIpc) is 2.98. The van der Waals surface area contributed by atoms with Crippen molar-refractivity contribution >= 4 is 21.5 Å². The van der Waals surface area contributed by atoms with E-state index in [1.807, 2.05) is 19.1 Å². The van der Waals surface area contributed by atoms with Crippen molar-refractivity contribution in [1.29, 1.82) is 0 Å². The second kappa shape index (κ2) is 10.2. The molecule has 3 N–H and O–H groups in total. The largest absolute Gasteiger partial charge is 0.507 e. The second-order valence-corrected chi connectivity index (χ2v) is 10.6. The Morgan fingerprint density at radius 1 is 0.707 bits per heavy atom. The van der Waals surface area contributed by atoms with Crippen LogP contribution in [0.3, 0.4) is 0 Å². The van der Waals surface area contributed by atoms with Gasteiger partial charge < -0.3 is 43.7 Å². The number of hydrogen-bond acceptors (Lipinski definition) is 9. The van der Waals surface area contributed by atoms with Crippen molar-refractivity contribution in [2.45, 2.75) is 51.8 Å². The predicted octanol–water partition coefficient (Wildman–Crippen LogP) is 5.52. The number of ether oxygens (including phenoxy) is 6. The van der Waals surface area contributed by atoms with Crippen LogP contribution in [0.15, 0.2) is 24.3 Å². The van der Waals surface area contributed by atoms with Gasteiger partial charge in [-0.2, -0.15) is 0 Å². The molecule has 9 nitrogen and oxygen atoms in total. The summed E-state index contributed by atoms with van der Waals surface area (Å²) in [5, 5.41) is 37.0. The van der Waals surface area contributed by atoms with Gasteiger partial charge in [0.2, 0.25) is 0 Å². The molecule has 0 saturated heterocycles. The highest BCUT2D eigenvalue weighted by Crippen LogP contribution is 2.55. The van der Waals surface area contributed by atoms with E-state index in [0.29, 0.717) is 78.8 Å². The van der Waals surface area contributed by atoms with Crippen molar-refractivity contribution in [2.24, 2.45) is 0 Å². The SMILES string of the molecule is COc1cc(OC)c2c(O)c3c(c(-c4c(OC)cc(OC)c5c(O)c6c(cc45)CC(C)OC6)c2c1)C(O)C(C)OC3. The first kappa shape index (κ1) is 27.3. The van der Waals surface area contributed by atoms with Gasteiger partial charge in [0.1, 0.15) is 40.6 Å². The molecule has 3 unspecified atom stereocenters. The first-order valence-corrected chi connectivity index (χ1v) is 13.5. The lowest BCUT2D eigenvalue weighted by Crippen LogP contribution is -2.26. The number of rotatable bonds is 5. The molecule has 2 aliphatic heterocycles. The number of aromatic hydroxyl groups is 2. The predicted molar refractivity (Wildman–Crippen MR) is 154 cm³/mol. The van der Waals surface area contributed by atoms with E-state index in [-0.39, 0.29) is 30.8 Å². The third-order valence-electron chi connectivity index (χ3n) is 8.38. The first-order chi connectivity index (χ1) is 19.7. The highest BCUT2D eigenvalue weighted by Gasteiger charge is 2.36. The Morgan fingerprint density at radius 3 is 1.98 bits per heavy atom. The number of methoxy groups -OCH3 is 4. The lowest BCUT2D eigenvalue weighted by Gasteiger charge is -2.33. The van der Waals surface area contributed by atoms with E-state index in [2.05, 4.69) is 0 Å². The third-order valence-corrected chi connectivity index (χ3v) is 8.38. The van der Waals surface area contributed by atoms with Crippen LogP contribution in [-0.2, 0) is 29.1 Å². The minimum absolute atomic E-state index is 0.0223. The van der Waals surface area contributed by atoms with Crippen molar-refractivity contribution in [1.82, 2.24) is 0 Å². The van der Waals surface area contributed by atoms with E-state index in [1.165, 1.54) is 7.11 Å². The Morgan fingerprint density at radius 2 is 1.32 bits per heavy atom. The van der Waals surface area contributed by atoms with Gasteiger partial charge >= 0.3 is 0 Å². The number of aliphatic hydroxyl groups is 1. The van der Waals surface area contributed by atoms with E-state index in [9.17, 15) is 15.3 Å². The topological polar surface area (TPSA) is 116 Å². The van der Waals surface area contributed by atoms with Gasteiger partial charge in [-0.05, 0) is 38.0 Å². The van der Waals surface area contributed by atoms with Crippen LogP contribution in [0.5, 0.6) is 34.5 Å². The average molecular weight is 563 g/mol. The molecule has 0 aromatic heterocycles.